The smallest absolute Gasteiger partial charge is 0.163 e. The molecule has 0 saturated heterocycles. The standard InChI is InChI=1S/C16H22O4/c1-5-9-15(13-17,19-11-7-3)16(14-18,10-6-2)20-12-8-4/h5-8,13-14H,1-4,9-12H2. The highest BCUT2D eigenvalue weighted by molar-refractivity contribution is 5.78. The molecule has 0 aliphatic heterocycles. The molecule has 0 saturated carbocycles. The lowest BCUT2D eigenvalue weighted by atomic mass is 9.79. The van der Waals surface area contributed by atoms with Crippen LogP contribution < -0.4 is 0 Å². The Kier molecular flexibility index (Phi) is 8.36. The van der Waals surface area contributed by atoms with Gasteiger partial charge < -0.3 is 9.47 Å². The van der Waals surface area contributed by atoms with Crippen molar-refractivity contribution in [2.24, 2.45) is 0 Å². The molecule has 0 aliphatic rings. The summed E-state index contributed by atoms with van der Waals surface area (Å²) < 4.78 is 11.2. The van der Waals surface area contributed by atoms with Gasteiger partial charge in [-0.1, -0.05) is 24.3 Å². The van der Waals surface area contributed by atoms with Crippen molar-refractivity contribution in [1.29, 1.82) is 0 Å². The van der Waals surface area contributed by atoms with Gasteiger partial charge in [0.1, 0.15) is 0 Å². The van der Waals surface area contributed by atoms with Gasteiger partial charge in [-0.3, -0.25) is 9.59 Å². The molecule has 0 radical (unpaired) electrons. The molecular weight excluding hydrogens is 256 g/mol. The lowest BCUT2D eigenvalue weighted by molar-refractivity contribution is -0.189. The van der Waals surface area contributed by atoms with E-state index in [1.165, 1.54) is 24.3 Å². The van der Waals surface area contributed by atoms with E-state index >= 15 is 0 Å². The highest BCUT2D eigenvalue weighted by atomic mass is 16.6. The van der Waals surface area contributed by atoms with E-state index in [0.717, 1.165) is 0 Å². The van der Waals surface area contributed by atoms with Crippen LogP contribution in [-0.4, -0.2) is 37.0 Å². The van der Waals surface area contributed by atoms with E-state index in [2.05, 4.69) is 26.3 Å². The van der Waals surface area contributed by atoms with E-state index in [1.807, 2.05) is 0 Å². The molecule has 0 fully saturated rings. The Morgan fingerprint density at radius 1 is 0.700 bits per heavy atom. The van der Waals surface area contributed by atoms with Crippen molar-refractivity contribution in [3.05, 3.63) is 50.6 Å². The van der Waals surface area contributed by atoms with Crippen LogP contribution in [0.2, 0.25) is 0 Å². The Bertz CT molecular complexity index is 339. The van der Waals surface area contributed by atoms with Crippen LogP contribution in [0, 0.1) is 0 Å². The molecule has 110 valence electrons. The lowest BCUT2D eigenvalue weighted by Gasteiger charge is -2.42. The first-order chi connectivity index (χ1) is 9.61. The molecule has 0 bridgehead atoms. The van der Waals surface area contributed by atoms with Crippen molar-refractivity contribution in [3.63, 3.8) is 0 Å². The number of aldehydes is 2. The fourth-order valence-corrected chi connectivity index (χ4v) is 1.92. The molecule has 0 spiro atoms. The van der Waals surface area contributed by atoms with Crippen molar-refractivity contribution < 1.29 is 19.1 Å². The first kappa shape index (κ1) is 18.2. The van der Waals surface area contributed by atoms with Crippen molar-refractivity contribution in [3.8, 4) is 0 Å². The highest BCUT2D eigenvalue weighted by Crippen LogP contribution is 2.34. The van der Waals surface area contributed by atoms with Crippen LogP contribution in [0.25, 0.3) is 0 Å². The van der Waals surface area contributed by atoms with Crippen LogP contribution in [0.5, 0.6) is 0 Å². The van der Waals surface area contributed by atoms with Crippen molar-refractivity contribution in [2.75, 3.05) is 13.2 Å². The average Bonchev–Trinajstić information content (AvgIpc) is 2.48. The molecule has 0 amide bonds. The van der Waals surface area contributed by atoms with Gasteiger partial charge in [-0.15, -0.1) is 26.3 Å². The van der Waals surface area contributed by atoms with E-state index in [9.17, 15) is 9.59 Å². The predicted molar refractivity (Wildman–Crippen MR) is 79.5 cm³/mol. The Balaban J connectivity index is 5.76. The summed E-state index contributed by atoms with van der Waals surface area (Å²) in [6.45, 7) is 14.5. The number of hydrogen-bond acceptors (Lipinski definition) is 4. The summed E-state index contributed by atoms with van der Waals surface area (Å²) >= 11 is 0. The van der Waals surface area contributed by atoms with Crippen LogP contribution in [0.4, 0.5) is 0 Å². The number of rotatable bonds is 13. The monoisotopic (exact) mass is 278 g/mol. The third-order valence-electron chi connectivity index (χ3n) is 2.91. The molecule has 4 heteroatoms. The zero-order valence-corrected chi connectivity index (χ0v) is 11.8. The molecule has 0 aromatic rings. The molecule has 0 aromatic carbocycles. The zero-order chi connectivity index (χ0) is 15.5. The van der Waals surface area contributed by atoms with Gasteiger partial charge in [-0.2, -0.15) is 0 Å². The molecule has 20 heavy (non-hydrogen) atoms. The molecule has 0 heterocycles. The molecule has 2 unspecified atom stereocenters. The second-order valence-electron chi connectivity index (χ2n) is 4.20. The normalized spacial score (nSPS) is 16.2. The molecule has 0 aromatic heterocycles. The van der Waals surface area contributed by atoms with Gasteiger partial charge >= 0.3 is 0 Å². The zero-order valence-electron chi connectivity index (χ0n) is 11.8. The van der Waals surface area contributed by atoms with Crippen molar-refractivity contribution in [2.45, 2.75) is 24.0 Å². The summed E-state index contributed by atoms with van der Waals surface area (Å²) in [4.78, 5) is 23.3. The molecule has 2 atom stereocenters. The predicted octanol–water partition coefficient (Wildman–Crippen LogP) is 2.42. The number of ether oxygens (including phenoxy) is 2. The molecule has 0 aliphatic carbocycles. The van der Waals surface area contributed by atoms with Crippen LogP contribution in [0.1, 0.15) is 12.8 Å². The summed E-state index contributed by atoms with van der Waals surface area (Å²) in [6, 6.07) is 0. The van der Waals surface area contributed by atoms with Gasteiger partial charge in [0.25, 0.3) is 0 Å². The topological polar surface area (TPSA) is 52.6 Å². The second kappa shape index (κ2) is 9.18. The summed E-state index contributed by atoms with van der Waals surface area (Å²) in [5.41, 5.74) is -2.94. The average molecular weight is 278 g/mol. The molecule has 0 N–H and O–H groups in total. The first-order valence-corrected chi connectivity index (χ1v) is 6.26. The summed E-state index contributed by atoms with van der Waals surface area (Å²) in [5, 5.41) is 0. The van der Waals surface area contributed by atoms with Crippen LogP contribution in [0.15, 0.2) is 50.6 Å². The highest BCUT2D eigenvalue weighted by Gasteiger charge is 2.52. The fraction of sp³-hybridized carbons (Fsp3) is 0.375. The van der Waals surface area contributed by atoms with Crippen molar-refractivity contribution in [1.82, 2.24) is 0 Å². The van der Waals surface area contributed by atoms with Gasteiger partial charge in [0.05, 0.1) is 13.2 Å². The van der Waals surface area contributed by atoms with E-state index in [4.69, 9.17) is 9.47 Å². The van der Waals surface area contributed by atoms with Gasteiger partial charge in [-0.05, 0) is 0 Å². The minimum absolute atomic E-state index is 0.108. The fourth-order valence-electron chi connectivity index (χ4n) is 1.92. The second-order valence-corrected chi connectivity index (χ2v) is 4.20. The maximum Gasteiger partial charge on any atom is 0.163 e. The minimum Gasteiger partial charge on any atom is -0.360 e. The van der Waals surface area contributed by atoms with Crippen LogP contribution in [-0.2, 0) is 19.1 Å². The van der Waals surface area contributed by atoms with Gasteiger partial charge in [0.15, 0.2) is 23.8 Å². The molecule has 0 rings (SSSR count). The van der Waals surface area contributed by atoms with E-state index in [-0.39, 0.29) is 26.1 Å². The summed E-state index contributed by atoms with van der Waals surface area (Å²) in [7, 11) is 0. The van der Waals surface area contributed by atoms with Gasteiger partial charge in [-0.25, -0.2) is 0 Å². The lowest BCUT2D eigenvalue weighted by Crippen LogP contribution is -2.59. The van der Waals surface area contributed by atoms with Crippen LogP contribution >= 0.6 is 0 Å². The summed E-state index contributed by atoms with van der Waals surface area (Å²) in [6.07, 6.45) is 7.45. The Hall–Kier alpha value is -1.78. The minimum atomic E-state index is -1.47. The first-order valence-electron chi connectivity index (χ1n) is 6.26. The molecule has 4 nitrogen and oxygen atoms in total. The largest absolute Gasteiger partial charge is 0.360 e. The van der Waals surface area contributed by atoms with Gasteiger partial charge in [0, 0.05) is 12.8 Å². The maximum atomic E-state index is 11.7. The molecular formula is C16H22O4. The Morgan fingerprint density at radius 2 is 1.05 bits per heavy atom. The quantitative estimate of drug-likeness (QED) is 0.383. The third kappa shape index (κ3) is 3.85. The van der Waals surface area contributed by atoms with E-state index in [1.54, 1.807) is 0 Å². The van der Waals surface area contributed by atoms with E-state index < -0.39 is 11.2 Å². The number of carbonyl (C=O) groups excluding carboxylic acids is 2. The van der Waals surface area contributed by atoms with E-state index in [0.29, 0.717) is 12.6 Å². The van der Waals surface area contributed by atoms with Gasteiger partial charge in [0.2, 0.25) is 0 Å². The number of carbonyl (C=O) groups is 2. The van der Waals surface area contributed by atoms with Crippen LogP contribution in [0.3, 0.4) is 0 Å². The Labute approximate surface area is 120 Å². The Morgan fingerprint density at radius 3 is 1.25 bits per heavy atom. The third-order valence-corrected chi connectivity index (χ3v) is 2.91. The summed E-state index contributed by atoms with van der Waals surface area (Å²) in [5.74, 6) is 0. The number of hydrogen-bond donors (Lipinski definition) is 0. The SMILES string of the molecule is C=CCOC(C=O)(CC=C)C(C=O)(CC=C)OCC=C. The maximum absolute atomic E-state index is 11.7. The van der Waals surface area contributed by atoms with Crippen molar-refractivity contribution >= 4 is 12.6 Å².